The lowest BCUT2D eigenvalue weighted by Gasteiger charge is -2.34. The highest BCUT2D eigenvalue weighted by atomic mass is 28.5. The molecule has 0 aliphatic rings. The third-order valence-corrected chi connectivity index (χ3v) is 8.67. The van der Waals surface area contributed by atoms with E-state index in [1.54, 1.807) is 0 Å². The van der Waals surface area contributed by atoms with E-state index < -0.39 is 17.1 Å². The highest BCUT2D eigenvalue weighted by Gasteiger charge is 2.37. The van der Waals surface area contributed by atoms with E-state index >= 15 is 0 Å². The zero-order valence-electron chi connectivity index (χ0n) is 14.0. The van der Waals surface area contributed by atoms with E-state index in [-0.39, 0.29) is 6.10 Å². The number of unbranched alkanes of at least 4 members (excludes halogenated alkanes) is 2. The van der Waals surface area contributed by atoms with Gasteiger partial charge >= 0.3 is 17.1 Å². The van der Waals surface area contributed by atoms with Crippen molar-refractivity contribution in [2.45, 2.75) is 85.2 Å². The molecule has 0 bridgehead atoms. The van der Waals surface area contributed by atoms with Crippen LogP contribution in [0.2, 0.25) is 26.2 Å². The van der Waals surface area contributed by atoms with Crippen LogP contribution in [0.4, 0.5) is 0 Å². The molecule has 0 saturated carbocycles. The van der Waals surface area contributed by atoms with Gasteiger partial charge in [0.25, 0.3) is 0 Å². The lowest BCUT2D eigenvalue weighted by atomic mass is 10.2. The second-order valence-electron chi connectivity index (χ2n) is 6.17. The van der Waals surface area contributed by atoms with E-state index in [0.29, 0.717) is 0 Å². The third kappa shape index (κ3) is 10.7. The molecular weight excluding hydrogens is 272 g/mol. The molecule has 5 heteroatoms. The van der Waals surface area contributed by atoms with Crippen molar-refractivity contribution in [1.82, 2.24) is 0 Å². The molecule has 0 N–H and O–H groups in total. The topological polar surface area (TPSA) is 27.7 Å². The van der Waals surface area contributed by atoms with Crippen LogP contribution >= 0.6 is 0 Å². The Morgan fingerprint density at radius 2 is 1.53 bits per heavy atom. The van der Waals surface area contributed by atoms with E-state index in [1.165, 1.54) is 12.8 Å². The minimum atomic E-state index is -2.07. The minimum Gasteiger partial charge on any atom is -0.415 e. The first-order valence-electron chi connectivity index (χ1n) is 7.74. The van der Waals surface area contributed by atoms with Crippen molar-refractivity contribution in [3.63, 3.8) is 0 Å². The quantitative estimate of drug-likeness (QED) is 0.404. The smallest absolute Gasteiger partial charge is 0.323 e. The van der Waals surface area contributed by atoms with Gasteiger partial charge < -0.3 is 13.0 Å². The molecule has 1 atom stereocenters. The highest BCUT2D eigenvalue weighted by Crippen LogP contribution is 2.20. The van der Waals surface area contributed by atoms with Gasteiger partial charge in [-0.3, -0.25) is 0 Å². The first kappa shape index (κ1) is 19.3. The first-order chi connectivity index (χ1) is 8.72. The van der Waals surface area contributed by atoms with Gasteiger partial charge in [0.2, 0.25) is 0 Å². The lowest BCUT2D eigenvalue weighted by Crippen LogP contribution is -2.49. The molecule has 0 amide bonds. The van der Waals surface area contributed by atoms with Gasteiger partial charge in [-0.05, 0) is 46.0 Å². The SMILES string of the molecule is CCCCCO[Si](C)(C)O[Si](C)(C)OC(C)CCC. The van der Waals surface area contributed by atoms with Crippen molar-refractivity contribution in [3.05, 3.63) is 0 Å². The van der Waals surface area contributed by atoms with Crippen LogP contribution in [0, 0.1) is 0 Å². The summed E-state index contributed by atoms with van der Waals surface area (Å²) in [6, 6.07) is 0. The third-order valence-electron chi connectivity index (χ3n) is 2.87. The van der Waals surface area contributed by atoms with Gasteiger partial charge in [-0.25, -0.2) is 0 Å². The summed E-state index contributed by atoms with van der Waals surface area (Å²) in [6.07, 6.45) is 6.13. The Kier molecular flexibility index (Phi) is 9.44. The molecular formula is C14H34O3Si2. The van der Waals surface area contributed by atoms with Crippen molar-refractivity contribution in [1.29, 1.82) is 0 Å². The molecule has 0 saturated heterocycles. The molecule has 0 aromatic carbocycles. The Balaban J connectivity index is 4.13. The Morgan fingerprint density at radius 1 is 0.895 bits per heavy atom. The van der Waals surface area contributed by atoms with Crippen molar-refractivity contribution in [3.8, 4) is 0 Å². The summed E-state index contributed by atoms with van der Waals surface area (Å²) >= 11 is 0. The molecule has 0 fully saturated rings. The summed E-state index contributed by atoms with van der Waals surface area (Å²) < 4.78 is 18.3. The predicted molar refractivity (Wildman–Crippen MR) is 87.0 cm³/mol. The zero-order chi connectivity index (χ0) is 14.9. The molecule has 3 nitrogen and oxygen atoms in total. The summed E-state index contributed by atoms with van der Waals surface area (Å²) in [7, 11) is -4.11. The summed E-state index contributed by atoms with van der Waals surface area (Å²) in [5.74, 6) is 0. The van der Waals surface area contributed by atoms with Crippen LogP contribution in [0.25, 0.3) is 0 Å². The van der Waals surface area contributed by atoms with Crippen LogP contribution in [0.3, 0.4) is 0 Å². The van der Waals surface area contributed by atoms with Gasteiger partial charge in [-0.15, -0.1) is 0 Å². The molecule has 0 aliphatic carbocycles. The van der Waals surface area contributed by atoms with Gasteiger partial charge in [0, 0.05) is 12.7 Å². The van der Waals surface area contributed by atoms with Crippen LogP contribution in [0.1, 0.15) is 52.9 Å². The van der Waals surface area contributed by atoms with Crippen LogP contribution in [0.15, 0.2) is 0 Å². The maximum absolute atomic E-state index is 6.26. The molecule has 0 radical (unpaired) electrons. The molecule has 0 aromatic rings. The fourth-order valence-corrected chi connectivity index (χ4v) is 9.15. The molecule has 0 heterocycles. The maximum Gasteiger partial charge on any atom is 0.323 e. The van der Waals surface area contributed by atoms with Crippen molar-refractivity contribution in [2.75, 3.05) is 6.61 Å². The Hall–Kier alpha value is 0.314. The molecule has 0 aliphatic heterocycles. The standard InChI is InChI=1S/C14H34O3Si2/c1-8-10-11-13-15-18(4,5)17-19(6,7)16-14(3)12-9-2/h14H,8-13H2,1-7H3. The maximum atomic E-state index is 6.26. The van der Waals surface area contributed by atoms with Crippen LogP contribution in [-0.2, 0) is 13.0 Å². The monoisotopic (exact) mass is 306 g/mol. The second kappa shape index (κ2) is 9.29. The summed E-state index contributed by atoms with van der Waals surface area (Å²) in [5.41, 5.74) is 0. The van der Waals surface area contributed by atoms with Crippen molar-refractivity contribution in [2.24, 2.45) is 0 Å². The molecule has 1 unspecified atom stereocenters. The van der Waals surface area contributed by atoms with E-state index in [2.05, 4.69) is 47.0 Å². The summed E-state index contributed by atoms with van der Waals surface area (Å²) in [4.78, 5) is 0. The Bertz CT molecular complexity index is 233. The largest absolute Gasteiger partial charge is 0.415 e. The van der Waals surface area contributed by atoms with E-state index in [1.807, 2.05) is 0 Å². The first-order valence-corrected chi connectivity index (χ1v) is 13.4. The average Bonchev–Trinajstić information content (AvgIpc) is 2.22. The van der Waals surface area contributed by atoms with Crippen molar-refractivity contribution < 1.29 is 13.0 Å². The van der Waals surface area contributed by atoms with E-state index in [0.717, 1.165) is 25.9 Å². The zero-order valence-corrected chi connectivity index (χ0v) is 16.0. The highest BCUT2D eigenvalue weighted by molar-refractivity contribution is 6.78. The minimum absolute atomic E-state index is 0.288. The average molecular weight is 307 g/mol. The van der Waals surface area contributed by atoms with Gasteiger partial charge in [0.05, 0.1) is 0 Å². The predicted octanol–water partition coefficient (Wildman–Crippen LogP) is 4.82. The molecule has 0 spiro atoms. The number of hydrogen-bond acceptors (Lipinski definition) is 3. The van der Waals surface area contributed by atoms with Gasteiger partial charge in [-0.2, -0.15) is 0 Å². The van der Waals surface area contributed by atoms with Crippen LogP contribution in [-0.4, -0.2) is 29.8 Å². The lowest BCUT2D eigenvalue weighted by molar-refractivity contribution is 0.144. The van der Waals surface area contributed by atoms with E-state index in [4.69, 9.17) is 13.0 Å². The van der Waals surface area contributed by atoms with Gasteiger partial charge in [0.1, 0.15) is 0 Å². The molecule has 0 rings (SSSR count). The fraction of sp³-hybridized carbons (Fsp3) is 1.00. The Morgan fingerprint density at radius 3 is 2.05 bits per heavy atom. The van der Waals surface area contributed by atoms with Gasteiger partial charge in [0.15, 0.2) is 0 Å². The number of rotatable bonds is 11. The molecule has 116 valence electrons. The normalized spacial score (nSPS) is 14.7. The second-order valence-corrected chi connectivity index (χ2v) is 13.1. The van der Waals surface area contributed by atoms with Gasteiger partial charge in [-0.1, -0.05) is 33.1 Å². The molecule has 19 heavy (non-hydrogen) atoms. The van der Waals surface area contributed by atoms with Crippen molar-refractivity contribution >= 4 is 17.1 Å². The summed E-state index contributed by atoms with van der Waals surface area (Å²) in [6.45, 7) is 15.9. The summed E-state index contributed by atoms with van der Waals surface area (Å²) in [5, 5.41) is 0. The molecule has 0 aromatic heterocycles. The van der Waals surface area contributed by atoms with Crippen LogP contribution in [0.5, 0.6) is 0 Å². The van der Waals surface area contributed by atoms with E-state index in [9.17, 15) is 0 Å². The van der Waals surface area contributed by atoms with Crippen LogP contribution < -0.4 is 0 Å². The fourth-order valence-electron chi connectivity index (χ4n) is 2.27. The number of hydrogen-bond donors (Lipinski definition) is 0. The Labute approximate surface area is 122 Å².